The fraction of sp³-hybridized carbons (Fsp3) is 0.500. The van der Waals surface area contributed by atoms with Gasteiger partial charge in [0.25, 0.3) is 0 Å². The van der Waals surface area contributed by atoms with Crippen molar-refractivity contribution in [3.8, 4) is 0 Å². The maximum atomic E-state index is 13.1. The lowest BCUT2D eigenvalue weighted by Gasteiger charge is -2.49. The zero-order valence-corrected chi connectivity index (χ0v) is 18.7. The number of benzene rings is 2. The van der Waals surface area contributed by atoms with Crippen LogP contribution in [0.2, 0.25) is 0 Å². The van der Waals surface area contributed by atoms with Crippen LogP contribution in [0.5, 0.6) is 0 Å². The lowest BCUT2D eigenvalue weighted by Crippen LogP contribution is -2.54. The highest BCUT2D eigenvalue weighted by Gasteiger charge is 2.52. The van der Waals surface area contributed by atoms with E-state index < -0.39 is 27.5 Å². The Kier molecular flexibility index (Phi) is 5.98. The molecule has 0 unspecified atom stereocenters. The first-order valence-electron chi connectivity index (χ1n) is 10.8. The van der Waals surface area contributed by atoms with Crippen molar-refractivity contribution in [3.63, 3.8) is 0 Å². The number of hydrogen-bond acceptors (Lipinski definition) is 4. The van der Waals surface area contributed by atoms with Crippen LogP contribution in [-0.4, -0.2) is 37.4 Å². The quantitative estimate of drug-likeness (QED) is 0.727. The van der Waals surface area contributed by atoms with Crippen LogP contribution >= 0.6 is 0 Å². The molecule has 2 N–H and O–H groups in total. The monoisotopic (exact) mass is 447 g/mol. The van der Waals surface area contributed by atoms with Gasteiger partial charge < -0.3 is 9.84 Å². The molecule has 2 bridgehead atoms. The molecule has 0 aliphatic carbocycles. The van der Waals surface area contributed by atoms with E-state index in [9.17, 15) is 17.9 Å². The number of aliphatic hydroxyl groups excluding tert-OH is 1. The average Bonchev–Trinajstić information content (AvgIpc) is 2.79. The molecular weight excluding hydrogens is 417 g/mol. The van der Waals surface area contributed by atoms with E-state index in [1.54, 1.807) is 0 Å². The van der Waals surface area contributed by atoms with Crippen molar-refractivity contribution < 1.29 is 22.7 Å². The number of hydrogen-bond donors (Lipinski definition) is 2. The molecule has 2 fully saturated rings. The highest BCUT2D eigenvalue weighted by Crippen LogP contribution is 2.50. The molecule has 31 heavy (non-hydrogen) atoms. The van der Waals surface area contributed by atoms with E-state index in [1.807, 2.05) is 25.1 Å². The van der Waals surface area contributed by atoms with E-state index in [2.05, 4.69) is 23.8 Å². The van der Waals surface area contributed by atoms with Crippen molar-refractivity contribution in [1.82, 2.24) is 4.72 Å². The molecule has 2 aromatic rings. The minimum atomic E-state index is -3.79. The van der Waals surface area contributed by atoms with Gasteiger partial charge in [-0.15, -0.1) is 0 Å². The van der Waals surface area contributed by atoms with Crippen molar-refractivity contribution in [2.24, 2.45) is 5.92 Å². The molecule has 0 spiro atoms. The van der Waals surface area contributed by atoms with Crippen LogP contribution in [0.15, 0.2) is 59.5 Å². The Morgan fingerprint density at radius 1 is 1.10 bits per heavy atom. The molecule has 7 heteroatoms. The zero-order chi connectivity index (χ0) is 22.3. The van der Waals surface area contributed by atoms with Crippen molar-refractivity contribution in [3.05, 3.63) is 66.0 Å². The Hall–Kier alpha value is -1.80. The number of rotatable bonds is 5. The number of ether oxygens (including phenoxy) is 1. The smallest absolute Gasteiger partial charge is 0.240 e. The van der Waals surface area contributed by atoms with E-state index in [0.717, 1.165) is 25.0 Å². The molecule has 5 atom stereocenters. The average molecular weight is 448 g/mol. The maximum Gasteiger partial charge on any atom is 0.240 e. The normalized spacial score (nSPS) is 33.6. The standard InChI is InChI=1S/C24H30FNO4S/c1-23-13-12-18(16-26-31(28,29)21-10-8-20(25)9-11-21)22(27)24(2,30-23)15-19(14-23)17-6-4-3-5-7-17/h3-11,18-19,22,26-27H,12-16H2,1-2H3/t18-,19-,22-,23-,24-/m0/s1. The molecular formula is C24H30FNO4S. The van der Waals surface area contributed by atoms with E-state index >= 15 is 0 Å². The Morgan fingerprint density at radius 3 is 2.45 bits per heavy atom. The van der Waals surface area contributed by atoms with Crippen molar-refractivity contribution in [2.45, 2.75) is 67.7 Å². The Bertz CT molecular complexity index is 1010. The minimum absolute atomic E-state index is 0.00863. The lowest BCUT2D eigenvalue weighted by molar-refractivity contribution is -0.214. The second kappa shape index (κ2) is 8.28. The number of halogens is 1. The minimum Gasteiger partial charge on any atom is -0.390 e. The van der Waals surface area contributed by atoms with E-state index in [1.165, 1.54) is 17.7 Å². The highest BCUT2D eigenvalue weighted by atomic mass is 32.2. The van der Waals surface area contributed by atoms with Gasteiger partial charge in [-0.25, -0.2) is 17.5 Å². The van der Waals surface area contributed by atoms with Crippen molar-refractivity contribution >= 4 is 10.0 Å². The van der Waals surface area contributed by atoms with Crippen LogP contribution in [0.25, 0.3) is 0 Å². The van der Waals surface area contributed by atoms with Crippen LogP contribution < -0.4 is 4.72 Å². The predicted octanol–water partition coefficient (Wildman–Crippen LogP) is 3.99. The molecule has 2 heterocycles. The first kappa shape index (κ1) is 22.4. The van der Waals surface area contributed by atoms with Gasteiger partial charge in [0.05, 0.1) is 22.2 Å². The van der Waals surface area contributed by atoms with Crippen LogP contribution in [0.3, 0.4) is 0 Å². The zero-order valence-electron chi connectivity index (χ0n) is 17.9. The summed E-state index contributed by atoms with van der Waals surface area (Å²) in [7, 11) is -3.79. The summed E-state index contributed by atoms with van der Waals surface area (Å²) < 4.78 is 47.5. The topological polar surface area (TPSA) is 75.6 Å². The van der Waals surface area contributed by atoms with Gasteiger partial charge in [-0.1, -0.05) is 30.3 Å². The van der Waals surface area contributed by atoms with E-state index in [0.29, 0.717) is 12.8 Å². The molecule has 168 valence electrons. The van der Waals surface area contributed by atoms with Crippen LogP contribution in [0, 0.1) is 11.7 Å². The Labute approximate surface area is 183 Å². The van der Waals surface area contributed by atoms with Gasteiger partial charge in [-0.2, -0.15) is 0 Å². The summed E-state index contributed by atoms with van der Waals surface area (Å²) in [6.07, 6.45) is 2.13. The maximum absolute atomic E-state index is 13.1. The van der Waals surface area contributed by atoms with E-state index in [4.69, 9.17) is 4.74 Å². The van der Waals surface area contributed by atoms with Crippen molar-refractivity contribution in [1.29, 1.82) is 0 Å². The first-order valence-corrected chi connectivity index (χ1v) is 12.3. The summed E-state index contributed by atoms with van der Waals surface area (Å²) in [4.78, 5) is 0.00863. The molecule has 4 rings (SSSR count). The van der Waals surface area contributed by atoms with Crippen LogP contribution in [0.4, 0.5) is 4.39 Å². The summed E-state index contributed by atoms with van der Waals surface area (Å²) in [5, 5.41) is 11.3. The Balaban J connectivity index is 1.52. The largest absolute Gasteiger partial charge is 0.390 e. The molecule has 2 saturated heterocycles. The number of fused-ring (bicyclic) bond motifs is 2. The Morgan fingerprint density at radius 2 is 1.77 bits per heavy atom. The van der Waals surface area contributed by atoms with E-state index in [-0.39, 0.29) is 28.9 Å². The van der Waals surface area contributed by atoms with Crippen molar-refractivity contribution in [2.75, 3.05) is 6.54 Å². The summed E-state index contributed by atoms with van der Waals surface area (Å²) in [6, 6.07) is 15.0. The summed E-state index contributed by atoms with van der Waals surface area (Å²) in [6.45, 7) is 4.14. The summed E-state index contributed by atoms with van der Waals surface area (Å²) in [5.41, 5.74) is 0.0978. The van der Waals surface area contributed by atoms with Gasteiger partial charge in [-0.3, -0.25) is 0 Å². The third-order valence-electron chi connectivity index (χ3n) is 6.86. The van der Waals surface area contributed by atoms with Gasteiger partial charge in [0, 0.05) is 12.5 Å². The van der Waals surface area contributed by atoms with Gasteiger partial charge in [-0.05, 0) is 75.3 Å². The summed E-state index contributed by atoms with van der Waals surface area (Å²) in [5.74, 6) is -0.498. The molecule has 2 aliphatic rings. The van der Waals surface area contributed by atoms with Crippen LogP contribution in [0.1, 0.15) is 51.0 Å². The molecule has 5 nitrogen and oxygen atoms in total. The number of sulfonamides is 1. The van der Waals surface area contributed by atoms with Gasteiger partial charge in [0.15, 0.2) is 0 Å². The van der Waals surface area contributed by atoms with Gasteiger partial charge >= 0.3 is 0 Å². The molecule has 2 aromatic carbocycles. The molecule has 0 radical (unpaired) electrons. The SMILES string of the molecule is C[C@]12CC[C@@H](CNS(=O)(=O)c3ccc(F)cc3)[C@H](O)[C@](C)(C[C@@H](c3ccccc3)C1)O2. The number of nitrogens with one attached hydrogen (secondary N) is 1. The molecule has 0 aromatic heterocycles. The van der Waals surface area contributed by atoms with Gasteiger partial charge in [0.1, 0.15) is 5.82 Å². The van der Waals surface area contributed by atoms with Crippen LogP contribution in [-0.2, 0) is 14.8 Å². The third kappa shape index (κ3) is 4.70. The fourth-order valence-corrected chi connectivity index (χ4v) is 6.39. The highest BCUT2D eigenvalue weighted by molar-refractivity contribution is 7.89. The number of aliphatic hydroxyl groups is 1. The molecule has 0 amide bonds. The second-order valence-corrected chi connectivity index (χ2v) is 11.2. The predicted molar refractivity (Wildman–Crippen MR) is 117 cm³/mol. The summed E-state index contributed by atoms with van der Waals surface area (Å²) >= 11 is 0. The van der Waals surface area contributed by atoms with Gasteiger partial charge in [0.2, 0.25) is 10.0 Å². The second-order valence-electron chi connectivity index (χ2n) is 9.43. The first-order chi connectivity index (χ1) is 14.6. The molecule has 2 aliphatic heterocycles. The lowest BCUT2D eigenvalue weighted by atomic mass is 9.74. The fourth-order valence-electron chi connectivity index (χ4n) is 5.30. The third-order valence-corrected chi connectivity index (χ3v) is 8.30. The molecule has 0 saturated carbocycles.